The molecule has 0 aliphatic heterocycles. The van der Waals surface area contributed by atoms with E-state index in [1.165, 1.54) is 16.7 Å². The van der Waals surface area contributed by atoms with E-state index in [9.17, 15) is 0 Å². The van der Waals surface area contributed by atoms with Gasteiger partial charge < -0.3 is 5.32 Å². The largest absolute Gasteiger partial charge is 0.309 e. The van der Waals surface area contributed by atoms with Crippen molar-refractivity contribution in [3.05, 3.63) is 64.5 Å². The quantitative estimate of drug-likeness (QED) is 0.902. The van der Waals surface area contributed by atoms with E-state index >= 15 is 0 Å². The summed E-state index contributed by atoms with van der Waals surface area (Å²) in [4.78, 5) is 4.44. The predicted octanol–water partition coefficient (Wildman–Crippen LogP) is 3.57. The van der Waals surface area contributed by atoms with Gasteiger partial charge in [-0.2, -0.15) is 0 Å². The van der Waals surface area contributed by atoms with Gasteiger partial charge in [0.25, 0.3) is 0 Å². The molecule has 2 heteroatoms. The fourth-order valence-electron chi connectivity index (χ4n) is 2.51. The van der Waals surface area contributed by atoms with E-state index in [4.69, 9.17) is 0 Å². The zero-order valence-corrected chi connectivity index (χ0v) is 12.2. The number of hydrogen-bond donors (Lipinski definition) is 1. The second-order valence-corrected chi connectivity index (χ2v) is 5.00. The summed E-state index contributed by atoms with van der Waals surface area (Å²) >= 11 is 0. The van der Waals surface area contributed by atoms with Crippen molar-refractivity contribution >= 4 is 0 Å². The molecule has 1 aromatic carbocycles. The van der Waals surface area contributed by atoms with Crippen molar-refractivity contribution in [2.45, 2.75) is 33.2 Å². The van der Waals surface area contributed by atoms with Crippen LogP contribution >= 0.6 is 0 Å². The molecule has 2 nitrogen and oxygen atoms in total. The molecule has 19 heavy (non-hydrogen) atoms. The summed E-state index contributed by atoms with van der Waals surface area (Å²) in [5.41, 5.74) is 6.09. The number of pyridine rings is 1. The first-order valence-corrected chi connectivity index (χ1v) is 6.85. The summed E-state index contributed by atoms with van der Waals surface area (Å²) in [6.07, 6.45) is 1.08. The third-order valence-electron chi connectivity index (χ3n) is 3.45. The first-order chi connectivity index (χ1) is 9.13. The molecular weight excluding hydrogens is 232 g/mol. The van der Waals surface area contributed by atoms with Crippen LogP contribution in [-0.2, 0) is 6.42 Å². The first kappa shape index (κ1) is 13.8. The van der Waals surface area contributed by atoms with Gasteiger partial charge in [-0.3, -0.25) is 4.98 Å². The lowest BCUT2D eigenvalue weighted by molar-refractivity contribution is 0.688. The SMILES string of the molecule is CCc1ccc(C(NC)c2cc(C)nc(C)c2)cc1. The average molecular weight is 254 g/mol. The van der Waals surface area contributed by atoms with Crippen molar-refractivity contribution in [2.75, 3.05) is 7.05 Å². The standard InChI is InChI=1S/C17H22N2/c1-5-14-6-8-15(9-7-14)17(18-4)16-10-12(2)19-13(3)11-16/h6-11,17-18H,5H2,1-4H3. The summed E-state index contributed by atoms with van der Waals surface area (Å²) in [5, 5.41) is 3.40. The highest BCUT2D eigenvalue weighted by Gasteiger charge is 2.12. The van der Waals surface area contributed by atoms with Crippen molar-refractivity contribution in [2.24, 2.45) is 0 Å². The Balaban J connectivity index is 2.37. The maximum atomic E-state index is 4.44. The van der Waals surface area contributed by atoms with Crippen LogP contribution in [0.4, 0.5) is 0 Å². The molecule has 0 spiro atoms. The van der Waals surface area contributed by atoms with Gasteiger partial charge in [0.1, 0.15) is 0 Å². The Kier molecular flexibility index (Phi) is 4.33. The maximum Gasteiger partial charge on any atom is 0.0575 e. The van der Waals surface area contributed by atoms with E-state index in [-0.39, 0.29) is 6.04 Å². The minimum absolute atomic E-state index is 0.228. The number of rotatable bonds is 4. The Bertz CT molecular complexity index is 523. The highest BCUT2D eigenvalue weighted by molar-refractivity contribution is 5.35. The molecule has 0 saturated carbocycles. The molecule has 100 valence electrons. The Labute approximate surface area is 115 Å². The second kappa shape index (κ2) is 5.98. The Morgan fingerprint density at radius 2 is 1.58 bits per heavy atom. The molecule has 1 aromatic heterocycles. The number of nitrogens with zero attached hydrogens (tertiary/aromatic N) is 1. The lowest BCUT2D eigenvalue weighted by Gasteiger charge is -2.18. The molecule has 1 heterocycles. The van der Waals surface area contributed by atoms with Crippen LogP contribution in [0.15, 0.2) is 36.4 Å². The third-order valence-corrected chi connectivity index (χ3v) is 3.45. The van der Waals surface area contributed by atoms with E-state index in [0.717, 1.165) is 17.8 Å². The van der Waals surface area contributed by atoms with Crippen LogP contribution in [0.1, 0.15) is 41.0 Å². The van der Waals surface area contributed by atoms with Gasteiger partial charge in [-0.25, -0.2) is 0 Å². The van der Waals surface area contributed by atoms with E-state index in [1.54, 1.807) is 0 Å². The summed E-state index contributed by atoms with van der Waals surface area (Å²) in [6, 6.07) is 13.4. The smallest absolute Gasteiger partial charge is 0.0575 e. The van der Waals surface area contributed by atoms with Crippen molar-refractivity contribution in [3.8, 4) is 0 Å². The molecule has 2 rings (SSSR count). The summed E-state index contributed by atoms with van der Waals surface area (Å²) in [6.45, 7) is 6.27. The normalized spacial score (nSPS) is 12.4. The number of nitrogens with one attached hydrogen (secondary N) is 1. The van der Waals surface area contributed by atoms with Crippen LogP contribution in [0.25, 0.3) is 0 Å². The first-order valence-electron chi connectivity index (χ1n) is 6.85. The lowest BCUT2D eigenvalue weighted by Crippen LogP contribution is -2.18. The molecule has 0 fully saturated rings. The number of aromatic nitrogens is 1. The third kappa shape index (κ3) is 3.21. The molecule has 1 N–H and O–H groups in total. The molecular formula is C17H22N2. The minimum atomic E-state index is 0.228. The van der Waals surface area contributed by atoms with E-state index in [1.807, 2.05) is 20.9 Å². The predicted molar refractivity (Wildman–Crippen MR) is 80.4 cm³/mol. The van der Waals surface area contributed by atoms with E-state index in [2.05, 4.69) is 53.6 Å². The van der Waals surface area contributed by atoms with Gasteiger partial charge >= 0.3 is 0 Å². The van der Waals surface area contributed by atoms with Gasteiger partial charge in [-0.05, 0) is 56.1 Å². The Morgan fingerprint density at radius 3 is 2.05 bits per heavy atom. The van der Waals surface area contributed by atoms with Crippen LogP contribution in [0.3, 0.4) is 0 Å². The Hall–Kier alpha value is -1.67. The molecule has 1 unspecified atom stereocenters. The zero-order chi connectivity index (χ0) is 13.8. The molecule has 0 amide bonds. The monoisotopic (exact) mass is 254 g/mol. The van der Waals surface area contributed by atoms with Crippen LogP contribution in [0.5, 0.6) is 0 Å². The summed E-state index contributed by atoms with van der Waals surface area (Å²) < 4.78 is 0. The number of hydrogen-bond acceptors (Lipinski definition) is 2. The average Bonchev–Trinajstić information content (AvgIpc) is 2.39. The van der Waals surface area contributed by atoms with Crippen LogP contribution < -0.4 is 5.32 Å². The van der Waals surface area contributed by atoms with Crippen molar-refractivity contribution < 1.29 is 0 Å². The molecule has 0 saturated heterocycles. The molecule has 0 radical (unpaired) electrons. The van der Waals surface area contributed by atoms with Crippen molar-refractivity contribution in [1.29, 1.82) is 0 Å². The highest BCUT2D eigenvalue weighted by Crippen LogP contribution is 2.23. The van der Waals surface area contributed by atoms with Crippen molar-refractivity contribution in [3.63, 3.8) is 0 Å². The van der Waals surface area contributed by atoms with Crippen molar-refractivity contribution in [1.82, 2.24) is 10.3 Å². The van der Waals surface area contributed by atoms with Gasteiger partial charge in [0.05, 0.1) is 6.04 Å². The second-order valence-electron chi connectivity index (χ2n) is 5.00. The fourth-order valence-corrected chi connectivity index (χ4v) is 2.51. The van der Waals surface area contributed by atoms with E-state index < -0.39 is 0 Å². The maximum absolute atomic E-state index is 4.44. The number of aryl methyl sites for hydroxylation is 3. The van der Waals surface area contributed by atoms with Gasteiger partial charge in [-0.15, -0.1) is 0 Å². The molecule has 0 aliphatic rings. The molecule has 2 aromatic rings. The van der Waals surface area contributed by atoms with Crippen LogP contribution in [0.2, 0.25) is 0 Å². The zero-order valence-electron chi connectivity index (χ0n) is 12.2. The molecule has 0 aliphatic carbocycles. The van der Waals surface area contributed by atoms with Gasteiger partial charge in [-0.1, -0.05) is 31.2 Å². The molecule has 1 atom stereocenters. The highest BCUT2D eigenvalue weighted by atomic mass is 14.9. The molecule has 0 bridgehead atoms. The summed E-state index contributed by atoms with van der Waals surface area (Å²) in [5.74, 6) is 0. The lowest BCUT2D eigenvalue weighted by atomic mass is 9.97. The van der Waals surface area contributed by atoms with Gasteiger partial charge in [0.15, 0.2) is 0 Å². The van der Waals surface area contributed by atoms with Gasteiger partial charge in [0, 0.05) is 11.4 Å². The Morgan fingerprint density at radius 1 is 1.00 bits per heavy atom. The van der Waals surface area contributed by atoms with Crippen LogP contribution in [-0.4, -0.2) is 12.0 Å². The van der Waals surface area contributed by atoms with E-state index in [0.29, 0.717) is 0 Å². The topological polar surface area (TPSA) is 24.9 Å². The number of benzene rings is 1. The van der Waals surface area contributed by atoms with Crippen LogP contribution in [0, 0.1) is 13.8 Å². The minimum Gasteiger partial charge on any atom is -0.309 e. The fraction of sp³-hybridized carbons (Fsp3) is 0.353. The summed E-state index contributed by atoms with van der Waals surface area (Å²) in [7, 11) is 2.00. The van der Waals surface area contributed by atoms with Gasteiger partial charge in [0.2, 0.25) is 0 Å².